The molecule has 17 aliphatic rings. The third kappa shape index (κ3) is 14.2. The number of hydrogen-bond donors (Lipinski definition) is 3. The topological polar surface area (TPSA) is 109 Å². The zero-order valence-corrected chi connectivity index (χ0v) is 55.6. The molecule has 11 heteroatoms. The van der Waals surface area contributed by atoms with Crippen LogP contribution in [-0.2, 0) is 40.8 Å². The van der Waals surface area contributed by atoms with Crippen molar-refractivity contribution in [2.75, 3.05) is 26.7 Å². The summed E-state index contributed by atoms with van der Waals surface area (Å²) in [6, 6.07) is 33.1. The summed E-state index contributed by atoms with van der Waals surface area (Å²) in [5, 5.41) is 11.8. The van der Waals surface area contributed by atoms with Gasteiger partial charge in [0.1, 0.15) is 11.5 Å². The molecule has 0 saturated heterocycles. The Labute approximate surface area is 532 Å². The molecule has 17 aliphatic carbocycles. The predicted molar refractivity (Wildman–Crippen MR) is 358 cm³/mol. The SMILES string of the molecule is C=S(C)c1ccc(CNC23CC4CC(CC(C4)C2)C3)cc1.COc1ccc(CN(C)C23CC4CC(CC(C4)C2)C3)cc1.CS(=O)(=O)c1ccc(CNC23CC4CC(CC(C4)C2)C3)cc1.O=C(Oc1ccc(CNC23CC4CC(CC(C4)C2)C3)cc1)C1CC1. The number of sulfone groups is 1. The number of nitrogens with one attached hydrogen (secondary N) is 3. The van der Waals surface area contributed by atoms with Gasteiger partial charge in [0.05, 0.1) is 17.9 Å². The van der Waals surface area contributed by atoms with E-state index in [1.807, 2.05) is 24.3 Å². The normalized spacial score (nSPS) is 37.3. The van der Waals surface area contributed by atoms with Crippen molar-refractivity contribution in [3.63, 3.8) is 0 Å². The van der Waals surface area contributed by atoms with Gasteiger partial charge in [-0.05, 0) is 322 Å². The molecule has 0 heterocycles. The molecule has 21 rings (SSSR count). The van der Waals surface area contributed by atoms with Gasteiger partial charge < -0.3 is 25.4 Å². The van der Waals surface area contributed by atoms with Gasteiger partial charge in [-0.2, -0.15) is 10.5 Å². The highest BCUT2D eigenvalue weighted by Gasteiger charge is 2.55. The van der Waals surface area contributed by atoms with E-state index in [2.05, 4.69) is 101 Å². The van der Waals surface area contributed by atoms with Gasteiger partial charge in [-0.25, -0.2) is 8.42 Å². The van der Waals surface area contributed by atoms with E-state index < -0.39 is 9.84 Å². The fourth-order valence-electron chi connectivity index (χ4n) is 22.4. The molecule has 4 aromatic carbocycles. The molecule has 9 nitrogen and oxygen atoms in total. The Hall–Kier alpha value is -3.84. The fourth-order valence-corrected chi connectivity index (χ4v) is 23.7. The first-order chi connectivity index (χ1) is 42.4. The maximum Gasteiger partial charge on any atom is 0.314 e. The second kappa shape index (κ2) is 25.2. The van der Waals surface area contributed by atoms with E-state index in [0.717, 1.165) is 116 Å². The van der Waals surface area contributed by atoms with Crippen LogP contribution in [0.4, 0.5) is 0 Å². The average Bonchev–Trinajstić information content (AvgIpc) is 1.47. The molecule has 0 aromatic heterocycles. The molecule has 0 radical (unpaired) electrons. The van der Waals surface area contributed by atoms with Crippen LogP contribution in [0.2, 0.25) is 0 Å². The predicted octanol–water partition coefficient (Wildman–Crippen LogP) is 15.7. The van der Waals surface area contributed by atoms with Gasteiger partial charge in [-0.15, -0.1) is 0 Å². The largest absolute Gasteiger partial charge is 0.497 e. The van der Waals surface area contributed by atoms with Gasteiger partial charge in [-0.3, -0.25) is 9.69 Å². The van der Waals surface area contributed by atoms with Crippen molar-refractivity contribution in [2.24, 2.45) is 76.9 Å². The van der Waals surface area contributed by atoms with Crippen LogP contribution in [0, 0.1) is 76.9 Å². The van der Waals surface area contributed by atoms with Crippen LogP contribution in [0.1, 0.15) is 189 Å². The van der Waals surface area contributed by atoms with Crippen molar-refractivity contribution < 1.29 is 22.7 Å². The minimum atomic E-state index is -3.09. The molecule has 1 atom stereocenters. The maximum absolute atomic E-state index is 11.7. The zero-order chi connectivity index (χ0) is 60.4. The number of carbonyl (C=O) groups excluding carboxylic acids is 1. The molecular formula is C77H106N4O5S2. The van der Waals surface area contributed by atoms with Gasteiger partial charge in [-0.1, -0.05) is 54.4 Å². The number of methoxy groups -OCH3 is 1. The Bertz CT molecular complexity index is 3070. The van der Waals surface area contributed by atoms with Crippen molar-refractivity contribution in [1.29, 1.82) is 0 Å². The second-order valence-electron chi connectivity index (χ2n) is 32.5. The lowest BCUT2D eigenvalue weighted by Crippen LogP contribution is -2.58. The van der Waals surface area contributed by atoms with Crippen LogP contribution in [0.5, 0.6) is 11.5 Å². The summed E-state index contributed by atoms with van der Waals surface area (Å²) in [5.41, 5.74) is 7.08. The van der Waals surface area contributed by atoms with Crippen LogP contribution in [0.3, 0.4) is 0 Å². The third-order valence-corrected chi connectivity index (χ3v) is 27.4. The van der Waals surface area contributed by atoms with Gasteiger partial charge in [0, 0.05) is 59.5 Å². The number of ether oxygens (including phenoxy) is 2. The van der Waals surface area contributed by atoms with E-state index in [0.29, 0.717) is 32.8 Å². The summed E-state index contributed by atoms with van der Waals surface area (Å²) in [6.45, 7) is 3.91. The summed E-state index contributed by atoms with van der Waals surface area (Å²) in [7, 11) is 1.13. The lowest BCUT2D eigenvalue weighted by Gasteiger charge is -2.60. The third-order valence-electron chi connectivity index (χ3n) is 25.2. The van der Waals surface area contributed by atoms with E-state index in [4.69, 9.17) is 9.47 Å². The van der Waals surface area contributed by atoms with Crippen LogP contribution >= 0.6 is 10.5 Å². The summed E-state index contributed by atoms with van der Waals surface area (Å²) >= 11 is 0. The minimum absolute atomic E-state index is 0.0607. The Morgan fingerprint density at radius 1 is 0.489 bits per heavy atom. The average molecular weight is 1230 g/mol. The van der Waals surface area contributed by atoms with Crippen molar-refractivity contribution in [3.05, 3.63) is 119 Å². The van der Waals surface area contributed by atoms with E-state index in [-0.39, 0.29) is 22.4 Å². The van der Waals surface area contributed by atoms with E-state index in [1.165, 1.54) is 188 Å². The Morgan fingerprint density at radius 2 is 0.795 bits per heavy atom. The number of nitrogens with zero attached hydrogens (tertiary/aromatic N) is 1. The quantitative estimate of drug-likeness (QED) is 0.0541. The summed E-state index contributed by atoms with van der Waals surface area (Å²) < 4.78 is 33.7. The van der Waals surface area contributed by atoms with Crippen LogP contribution < -0.4 is 25.4 Å². The summed E-state index contributed by atoms with van der Waals surface area (Å²) in [5.74, 6) is 17.8. The van der Waals surface area contributed by atoms with Gasteiger partial charge in [0.15, 0.2) is 9.84 Å². The van der Waals surface area contributed by atoms with Crippen molar-refractivity contribution in [3.8, 4) is 11.5 Å². The smallest absolute Gasteiger partial charge is 0.314 e. The van der Waals surface area contributed by atoms with E-state index in [9.17, 15) is 13.2 Å². The number of esters is 1. The molecule has 16 bridgehead atoms. The highest BCUT2D eigenvalue weighted by Crippen LogP contribution is 2.60. The molecule has 3 N–H and O–H groups in total. The van der Waals surface area contributed by atoms with Crippen molar-refractivity contribution >= 4 is 32.2 Å². The summed E-state index contributed by atoms with van der Waals surface area (Å²) in [4.78, 5) is 16.2. The van der Waals surface area contributed by atoms with Gasteiger partial charge in [0.25, 0.3) is 0 Å². The molecule has 0 spiro atoms. The van der Waals surface area contributed by atoms with Crippen molar-refractivity contribution in [1.82, 2.24) is 20.9 Å². The maximum atomic E-state index is 11.7. The summed E-state index contributed by atoms with van der Waals surface area (Å²) in [6.07, 6.45) is 40.3. The number of rotatable bonds is 17. The molecule has 1 unspecified atom stereocenters. The minimum Gasteiger partial charge on any atom is -0.497 e. The molecular weight excluding hydrogens is 1130 g/mol. The zero-order valence-electron chi connectivity index (χ0n) is 54.0. The Kier molecular flexibility index (Phi) is 17.7. The van der Waals surface area contributed by atoms with Crippen LogP contribution in [0.25, 0.3) is 0 Å². The number of benzene rings is 4. The van der Waals surface area contributed by atoms with Crippen LogP contribution in [-0.4, -0.2) is 74.0 Å². The first-order valence-corrected chi connectivity index (χ1v) is 38.8. The van der Waals surface area contributed by atoms with Crippen molar-refractivity contribution in [2.45, 2.75) is 225 Å². The first kappa shape index (κ1) is 61.7. The Morgan fingerprint density at radius 3 is 1.11 bits per heavy atom. The molecule has 4 aromatic rings. The molecule has 476 valence electrons. The Balaban J connectivity index is 0.000000103. The van der Waals surface area contributed by atoms with E-state index in [1.54, 1.807) is 19.2 Å². The number of hydrogen-bond acceptors (Lipinski definition) is 9. The van der Waals surface area contributed by atoms with Gasteiger partial charge in [0.2, 0.25) is 0 Å². The molecule has 0 aliphatic heterocycles. The number of carbonyl (C=O) groups is 1. The van der Waals surface area contributed by atoms with Crippen LogP contribution in [0.15, 0.2) is 107 Å². The molecule has 17 saturated carbocycles. The second-order valence-corrected chi connectivity index (χ2v) is 36.3. The standard InChI is InChI=1S/C21H27NO2.C19H27NO.C19H27NS.C18H25NO2S/c23-20(18-3-4-18)24-19-5-1-14(2-6-19)13-22-21-10-15-7-16(11-21)9-17(8-15)12-21;1-20(13-14-3-5-18(21-2)6-4-14)19-10-15-7-16(11-19)9-17(8-15)12-19;1-21(2)18-5-3-14(4-6-18)13-20-19-10-15-7-16(11-19)9-17(8-15)12-19;1-22(20,21)17-4-2-13(3-5-17)12-19-18-9-14-6-15(10-18)8-16(7-14)11-18/h1-2,5-6,15-18,22H,3-4,7-13H2;3-6,15-17H,7-13H2,1-2H3;3-6,15-17,20H,1,7-13H2,2H3;2-5,14-16,19H,6-12H2,1H3. The molecule has 0 amide bonds. The van der Waals surface area contributed by atoms with Gasteiger partial charge >= 0.3 is 5.97 Å². The highest BCUT2D eigenvalue weighted by atomic mass is 32.2. The molecule has 17 fully saturated rings. The fraction of sp³-hybridized carbons (Fsp3) is 0.662. The lowest BCUT2D eigenvalue weighted by molar-refractivity contribution is -0.135. The first-order valence-electron chi connectivity index (χ1n) is 35.1. The van der Waals surface area contributed by atoms with E-state index >= 15 is 0 Å². The monoisotopic (exact) mass is 1230 g/mol. The lowest BCUT2D eigenvalue weighted by atomic mass is 9.52. The highest BCUT2D eigenvalue weighted by molar-refractivity contribution is 8.13. The molecule has 88 heavy (non-hydrogen) atoms.